The minimum absolute atomic E-state index is 0.0568. The molecular formula is C19H19N4O5-. The van der Waals surface area contributed by atoms with Gasteiger partial charge >= 0.3 is 0 Å². The molecule has 2 heterocycles. The Balaban J connectivity index is 1.58. The Kier molecular flexibility index (Phi) is 4.97. The molecule has 0 radical (unpaired) electrons. The van der Waals surface area contributed by atoms with Crippen LogP contribution in [0.1, 0.15) is 23.9 Å². The van der Waals surface area contributed by atoms with E-state index in [4.69, 9.17) is 9.73 Å². The normalized spacial score (nSPS) is 19.8. The van der Waals surface area contributed by atoms with Crippen LogP contribution in [0.2, 0.25) is 0 Å². The highest BCUT2D eigenvalue weighted by Gasteiger charge is 2.36. The van der Waals surface area contributed by atoms with E-state index >= 15 is 0 Å². The van der Waals surface area contributed by atoms with Gasteiger partial charge in [0.2, 0.25) is 11.7 Å². The molecule has 1 aliphatic rings. The summed E-state index contributed by atoms with van der Waals surface area (Å²) in [4.78, 5) is 6.39. The van der Waals surface area contributed by atoms with E-state index in [1.54, 1.807) is 24.3 Å². The summed E-state index contributed by atoms with van der Waals surface area (Å²) in [5.41, 5.74) is 1.32. The highest BCUT2D eigenvalue weighted by Crippen LogP contribution is 2.35. The van der Waals surface area contributed by atoms with Crippen molar-refractivity contribution < 1.29 is 19.9 Å². The lowest BCUT2D eigenvalue weighted by Crippen LogP contribution is -2.24. The fourth-order valence-electron chi connectivity index (χ4n) is 3.43. The SMILES string of the molecule is [O-]N(O)c1cccc(-c2noc(C3CC(O)CN3Cc3ccccc3O)n2)c1. The lowest BCUT2D eigenvalue weighted by Gasteiger charge is -2.21. The Morgan fingerprint density at radius 2 is 2.04 bits per heavy atom. The lowest BCUT2D eigenvalue weighted by atomic mass is 10.1. The number of nitrogens with zero attached hydrogens (tertiary/aromatic N) is 4. The van der Waals surface area contributed by atoms with Crippen LogP contribution in [-0.4, -0.2) is 43.1 Å². The third kappa shape index (κ3) is 3.69. The molecule has 4 rings (SSSR count). The number of aliphatic hydroxyl groups excluding tert-OH is 1. The molecule has 1 aliphatic heterocycles. The van der Waals surface area contributed by atoms with E-state index in [9.17, 15) is 15.4 Å². The molecule has 0 bridgehead atoms. The van der Waals surface area contributed by atoms with Crippen molar-refractivity contribution in [1.82, 2.24) is 15.0 Å². The van der Waals surface area contributed by atoms with Crippen LogP contribution in [0.4, 0.5) is 5.69 Å². The maximum Gasteiger partial charge on any atom is 0.244 e. The molecule has 28 heavy (non-hydrogen) atoms. The number of rotatable bonds is 5. The molecule has 1 fully saturated rings. The third-order valence-electron chi connectivity index (χ3n) is 4.80. The smallest absolute Gasteiger partial charge is 0.244 e. The van der Waals surface area contributed by atoms with Crippen LogP contribution < -0.4 is 5.23 Å². The van der Waals surface area contributed by atoms with Gasteiger partial charge in [-0.1, -0.05) is 35.5 Å². The number of hydrogen-bond donors (Lipinski definition) is 3. The highest BCUT2D eigenvalue weighted by molar-refractivity contribution is 5.62. The van der Waals surface area contributed by atoms with Gasteiger partial charge in [0, 0.05) is 24.2 Å². The summed E-state index contributed by atoms with van der Waals surface area (Å²) in [6.07, 6.45) is -0.113. The molecule has 0 spiro atoms. The molecule has 0 aliphatic carbocycles. The average Bonchev–Trinajstić information content (AvgIpc) is 3.30. The molecule has 1 saturated heterocycles. The standard InChI is InChI=1S/C19H19N4O5/c24-15-9-16(22(11-15)10-13-4-1-2-7-17(13)25)19-20-18(21-28-19)12-5-3-6-14(8-12)23(26)27/h1-8,15-16,24-26H,9-11H2/q-1. The number of benzene rings is 2. The van der Waals surface area contributed by atoms with Crippen molar-refractivity contribution in [3.63, 3.8) is 0 Å². The molecule has 2 unspecified atom stereocenters. The van der Waals surface area contributed by atoms with E-state index in [0.717, 1.165) is 5.56 Å². The van der Waals surface area contributed by atoms with Crippen molar-refractivity contribution in [2.75, 3.05) is 11.8 Å². The first-order chi connectivity index (χ1) is 13.5. The maximum atomic E-state index is 11.1. The van der Waals surface area contributed by atoms with Crippen molar-refractivity contribution in [3.8, 4) is 17.1 Å². The van der Waals surface area contributed by atoms with Crippen LogP contribution in [-0.2, 0) is 6.54 Å². The minimum atomic E-state index is -0.544. The monoisotopic (exact) mass is 383 g/mol. The molecule has 9 heteroatoms. The zero-order valence-electron chi connectivity index (χ0n) is 14.8. The molecule has 2 aromatic carbocycles. The summed E-state index contributed by atoms with van der Waals surface area (Å²) >= 11 is 0. The van der Waals surface area contributed by atoms with Crippen molar-refractivity contribution in [2.24, 2.45) is 0 Å². The number of hydrogen-bond acceptors (Lipinski definition) is 9. The van der Waals surface area contributed by atoms with Crippen LogP contribution in [0.3, 0.4) is 0 Å². The number of anilines is 1. The van der Waals surface area contributed by atoms with Gasteiger partial charge < -0.3 is 25.2 Å². The Hall–Kier alpha value is -2.98. The van der Waals surface area contributed by atoms with Gasteiger partial charge in [0.25, 0.3) is 0 Å². The van der Waals surface area contributed by atoms with Crippen molar-refractivity contribution in [3.05, 3.63) is 65.2 Å². The number of phenolic OH excluding ortho intramolecular Hbond substituents is 1. The van der Waals surface area contributed by atoms with Gasteiger partial charge in [-0.2, -0.15) is 4.98 Å². The summed E-state index contributed by atoms with van der Waals surface area (Å²) in [5.74, 6) is 0.815. The number of likely N-dealkylation sites (tertiary alicyclic amines) is 1. The van der Waals surface area contributed by atoms with Gasteiger partial charge in [-0.3, -0.25) is 10.1 Å². The Labute approximate surface area is 160 Å². The summed E-state index contributed by atoms with van der Waals surface area (Å²) in [5, 5.41) is 44.0. The maximum absolute atomic E-state index is 11.1. The molecule has 0 amide bonds. The fraction of sp³-hybridized carbons (Fsp3) is 0.263. The van der Waals surface area contributed by atoms with E-state index in [2.05, 4.69) is 10.1 Å². The number of aromatic nitrogens is 2. The first kappa shape index (κ1) is 18.4. The molecule has 0 saturated carbocycles. The van der Waals surface area contributed by atoms with Crippen molar-refractivity contribution in [1.29, 1.82) is 0 Å². The molecule has 3 N–H and O–H groups in total. The lowest BCUT2D eigenvalue weighted by molar-refractivity contribution is 0.168. The van der Waals surface area contributed by atoms with Gasteiger partial charge in [-0.15, -0.1) is 0 Å². The highest BCUT2D eigenvalue weighted by atomic mass is 16.8. The van der Waals surface area contributed by atoms with E-state index in [0.29, 0.717) is 31.0 Å². The quantitative estimate of drug-likeness (QED) is 0.569. The average molecular weight is 383 g/mol. The van der Waals surface area contributed by atoms with Crippen LogP contribution in [0.25, 0.3) is 11.4 Å². The number of phenols is 1. The van der Waals surface area contributed by atoms with E-state index in [1.165, 1.54) is 12.1 Å². The van der Waals surface area contributed by atoms with Crippen LogP contribution >= 0.6 is 0 Å². The summed E-state index contributed by atoms with van der Waals surface area (Å²) < 4.78 is 5.42. The second-order valence-corrected chi connectivity index (χ2v) is 6.74. The van der Waals surface area contributed by atoms with E-state index in [1.807, 2.05) is 17.0 Å². The van der Waals surface area contributed by atoms with Gasteiger partial charge in [0.15, 0.2) is 0 Å². The predicted molar refractivity (Wildman–Crippen MR) is 99.2 cm³/mol. The third-order valence-corrected chi connectivity index (χ3v) is 4.80. The Morgan fingerprint density at radius 1 is 1.21 bits per heavy atom. The second-order valence-electron chi connectivity index (χ2n) is 6.74. The van der Waals surface area contributed by atoms with Crippen LogP contribution in [0.5, 0.6) is 5.75 Å². The van der Waals surface area contributed by atoms with Crippen LogP contribution in [0, 0.1) is 5.21 Å². The first-order valence-corrected chi connectivity index (χ1v) is 8.80. The predicted octanol–water partition coefficient (Wildman–Crippen LogP) is 2.44. The number of β-amino-alcohol motifs (C(OH)–C–C–N with tert-alkyl or cyclic N) is 1. The molecule has 9 nitrogen and oxygen atoms in total. The van der Waals surface area contributed by atoms with Gasteiger partial charge in [0.1, 0.15) is 5.75 Å². The van der Waals surface area contributed by atoms with Crippen LogP contribution in [0.15, 0.2) is 53.1 Å². The minimum Gasteiger partial charge on any atom is -0.733 e. The van der Waals surface area contributed by atoms with Gasteiger partial charge in [-0.25, -0.2) is 0 Å². The zero-order chi connectivity index (χ0) is 19.7. The van der Waals surface area contributed by atoms with Gasteiger partial charge in [0.05, 0.1) is 17.8 Å². The fourth-order valence-corrected chi connectivity index (χ4v) is 3.43. The Bertz CT molecular complexity index is 961. The van der Waals surface area contributed by atoms with Gasteiger partial charge in [-0.05, 0) is 24.6 Å². The van der Waals surface area contributed by atoms with Crippen molar-refractivity contribution in [2.45, 2.75) is 25.1 Å². The molecule has 146 valence electrons. The van der Waals surface area contributed by atoms with E-state index < -0.39 is 6.10 Å². The topological polar surface area (TPSA) is 129 Å². The van der Waals surface area contributed by atoms with Crippen molar-refractivity contribution >= 4 is 5.69 Å². The Morgan fingerprint density at radius 3 is 2.82 bits per heavy atom. The van der Waals surface area contributed by atoms with E-state index in [-0.39, 0.29) is 28.5 Å². The molecular weight excluding hydrogens is 364 g/mol. The number of aromatic hydroxyl groups is 1. The summed E-state index contributed by atoms with van der Waals surface area (Å²) in [7, 11) is 0. The summed E-state index contributed by atoms with van der Waals surface area (Å²) in [6, 6.07) is 13.0. The molecule has 1 aromatic heterocycles. The number of aliphatic hydroxyl groups is 1. The molecule has 3 aromatic rings. The first-order valence-electron chi connectivity index (χ1n) is 8.80. The molecule has 2 atom stereocenters. The largest absolute Gasteiger partial charge is 0.733 e. The zero-order valence-corrected chi connectivity index (χ0v) is 14.8. The number of para-hydroxylation sites is 1. The summed E-state index contributed by atoms with van der Waals surface area (Å²) in [6.45, 7) is 0.846. The second kappa shape index (κ2) is 7.56.